The Bertz CT molecular complexity index is 686. The maximum Gasteiger partial charge on any atom is 0.344 e. The zero-order valence-corrected chi connectivity index (χ0v) is 17.8. The van der Waals surface area contributed by atoms with E-state index < -0.39 is 30.8 Å². The highest BCUT2D eigenvalue weighted by Gasteiger charge is 2.21. The number of ketones is 1. The topological polar surface area (TPSA) is 105 Å². The number of carbonyl (C=O) groups excluding carboxylic acids is 4. The van der Waals surface area contributed by atoms with Gasteiger partial charge < -0.3 is 18.9 Å². The van der Waals surface area contributed by atoms with Crippen molar-refractivity contribution < 1.29 is 38.1 Å². The molecule has 0 aliphatic heterocycles. The summed E-state index contributed by atoms with van der Waals surface area (Å²) in [6.45, 7) is 2.49. The number of carbonyl (C=O) groups is 4. The lowest BCUT2D eigenvalue weighted by molar-refractivity contribution is -0.168. The Morgan fingerprint density at radius 1 is 0.933 bits per heavy atom. The quantitative estimate of drug-likeness (QED) is 0.256. The highest BCUT2D eigenvalue weighted by atomic mass is 16.6. The first-order valence-corrected chi connectivity index (χ1v) is 9.92. The molecule has 0 saturated carbocycles. The van der Waals surface area contributed by atoms with Crippen LogP contribution in [0.3, 0.4) is 0 Å². The monoisotopic (exact) mass is 422 g/mol. The Balaban J connectivity index is 2.21. The van der Waals surface area contributed by atoms with Gasteiger partial charge in [-0.2, -0.15) is 0 Å². The molecule has 1 aromatic rings. The van der Waals surface area contributed by atoms with Crippen LogP contribution in [0, 0.1) is 0 Å². The fourth-order valence-corrected chi connectivity index (χ4v) is 2.47. The predicted molar refractivity (Wildman–Crippen MR) is 107 cm³/mol. The van der Waals surface area contributed by atoms with Gasteiger partial charge in [0.2, 0.25) is 0 Å². The number of rotatable bonds is 14. The SMILES string of the molecule is COC(C)C(=O)OCC(=O)OC(CCCCCC(=O)OCc1ccccc1)C(C)=O. The van der Waals surface area contributed by atoms with E-state index in [9.17, 15) is 19.2 Å². The van der Waals surface area contributed by atoms with E-state index >= 15 is 0 Å². The summed E-state index contributed by atoms with van der Waals surface area (Å²) in [7, 11) is 1.35. The van der Waals surface area contributed by atoms with E-state index in [0.717, 1.165) is 5.56 Å². The minimum atomic E-state index is -0.902. The summed E-state index contributed by atoms with van der Waals surface area (Å²) in [5.74, 6) is -2.05. The predicted octanol–water partition coefficient (Wildman–Crippen LogP) is 2.76. The fraction of sp³-hybridized carbons (Fsp3) is 0.545. The summed E-state index contributed by atoms with van der Waals surface area (Å²) >= 11 is 0. The van der Waals surface area contributed by atoms with Gasteiger partial charge in [0.1, 0.15) is 6.61 Å². The second-order valence-corrected chi connectivity index (χ2v) is 6.82. The molecule has 0 radical (unpaired) electrons. The van der Waals surface area contributed by atoms with Crippen LogP contribution in [0.15, 0.2) is 30.3 Å². The first-order valence-electron chi connectivity index (χ1n) is 9.92. The van der Waals surface area contributed by atoms with Crippen molar-refractivity contribution >= 4 is 23.7 Å². The molecular formula is C22H30O8. The lowest BCUT2D eigenvalue weighted by Gasteiger charge is -2.15. The Morgan fingerprint density at radius 3 is 2.27 bits per heavy atom. The van der Waals surface area contributed by atoms with Crippen molar-refractivity contribution in [2.75, 3.05) is 13.7 Å². The van der Waals surface area contributed by atoms with Gasteiger partial charge in [0.15, 0.2) is 24.6 Å². The molecule has 166 valence electrons. The van der Waals surface area contributed by atoms with Crippen molar-refractivity contribution in [3.63, 3.8) is 0 Å². The third-order valence-electron chi connectivity index (χ3n) is 4.33. The second kappa shape index (κ2) is 14.3. The fourth-order valence-electron chi connectivity index (χ4n) is 2.47. The summed E-state index contributed by atoms with van der Waals surface area (Å²) in [5.41, 5.74) is 0.930. The lowest BCUT2D eigenvalue weighted by Crippen LogP contribution is -2.30. The number of hydrogen-bond donors (Lipinski definition) is 0. The summed E-state index contributed by atoms with van der Waals surface area (Å²) in [6.07, 6.45) is 0.820. The van der Waals surface area contributed by atoms with Crippen molar-refractivity contribution in [3.8, 4) is 0 Å². The molecule has 0 aliphatic carbocycles. The normalized spacial score (nSPS) is 12.5. The maximum absolute atomic E-state index is 11.8. The third kappa shape index (κ3) is 10.7. The molecule has 0 saturated heterocycles. The van der Waals surface area contributed by atoms with Gasteiger partial charge in [-0.05, 0) is 38.7 Å². The Labute approximate surface area is 176 Å². The Kier molecular flexibility index (Phi) is 12.0. The Morgan fingerprint density at radius 2 is 1.63 bits per heavy atom. The van der Waals surface area contributed by atoms with E-state index in [-0.39, 0.29) is 24.8 Å². The minimum Gasteiger partial charge on any atom is -0.461 e. The zero-order chi connectivity index (χ0) is 22.4. The van der Waals surface area contributed by atoms with Crippen molar-refractivity contribution in [1.82, 2.24) is 0 Å². The van der Waals surface area contributed by atoms with E-state index in [4.69, 9.17) is 18.9 Å². The molecule has 0 amide bonds. The number of hydrogen-bond acceptors (Lipinski definition) is 8. The summed E-state index contributed by atoms with van der Waals surface area (Å²) in [4.78, 5) is 46.7. The van der Waals surface area contributed by atoms with Crippen LogP contribution in [0.1, 0.15) is 51.5 Å². The van der Waals surface area contributed by atoms with Gasteiger partial charge in [-0.15, -0.1) is 0 Å². The van der Waals surface area contributed by atoms with E-state index in [1.54, 1.807) is 0 Å². The van der Waals surface area contributed by atoms with Gasteiger partial charge in [0.25, 0.3) is 0 Å². The third-order valence-corrected chi connectivity index (χ3v) is 4.33. The molecule has 8 heteroatoms. The molecule has 8 nitrogen and oxygen atoms in total. The number of methoxy groups -OCH3 is 1. The summed E-state index contributed by atoms with van der Waals surface area (Å²) in [5, 5.41) is 0. The van der Waals surface area contributed by atoms with Crippen LogP contribution < -0.4 is 0 Å². The van der Waals surface area contributed by atoms with Crippen LogP contribution in [-0.2, 0) is 44.7 Å². The highest BCUT2D eigenvalue weighted by Crippen LogP contribution is 2.11. The molecule has 0 N–H and O–H groups in total. The smallest absolute Gasteiger partial charge is 0.344 e. The van der Waals surface area contributed by atoms with Gasteiger partial charge in [0.05, 0.1) is 0 Å². The number of esters is 3. The van der Waals surface area contributed by atoms with E-state index in [1.807, 2.05) is 30.3 Å². The summed E-state index contributed by atoms with van der Waals surface area (Å²) in [6, 6.07) is 9.42. The molecule has 30 heavy (non-hydrogen) atoms. The van der Waals surface area contributed by atoms with Crippen LogP contribution in [0.25, 0.3) is 0 Å². The maximum atomic E-state index is 11.8. The lowest BCUT2D eigenvalue weighted by atomic mass is 10.1. The molecular weight excluding hydrogens is 392 g/mol. The number of Topliss-reactive ketones (excluding diaryl/α,β-unsaturated/α-hetero) is 1. The van der Waals surface area contributed by atoms with Crippen LogP contribution in [0.2, 0.25) is 0 Å². The van der Waals surface area contributed by atoms with Gasteiger partial charge in [-0.1, -0.05) is 36.8 Å². The van der Waals surface area contributed by atoms with E-state index in [2.05, 4.69) is 0 Å². The zero-order valence-electron chi connectivity index (χ0n) is 17.8. The largest absolute Gasteiger partial charge is 0.461 e. The summed E-state index contributed by atoms with van der Waals surface area (Å²) < 4.78 is 19.8. The van der Waals surface area contributed by atoms with Crippen LogP contribution in [0.5, 0.6) is 0 Å². The standard InChI is InChI=1S/C22H30O8/c1-16(23)19(30-21(25)15-29-22(26)17(2)27-3)12-8-5-9-13-20(24)28-14-18-10-6-4-7-11-18/h4,6-7,10-11,17,19H,5,8-9,12-15H2,1-3H3. The molecule has 0 bridgehead atoms. The molecule has 2 unspecified atom stereocenters. The molecule has 1 aromatic carbocycles. The second-order valence-electron chi connectivity index (χ2n) is 6.82. The number of benzene rings is 1. The average Bonchev–Trinajstić information content (AvgIpc) is 2.74. The van der Waals surface area contributed by atoms with Crippen LogP contribution in [-0.4, -0.2) is 49.6 Å². The van der Waals surface area contributed by atoms with Crippen molar-refractivity contribution in [2.24, 2.45) is 0 Å². The first-order chi connectivity index (χ1) is 14.3. The van der Waals surface area contributed by atoms with Gasteiger partial charge in [0, 0.05) is 13.5 Å². The van der Waals surface area contributed by atoms with Crippen molar-refractivity contribution in [2.45, 2.75) is 64.8 Å². The van der Waals surface area contributed by atoms with Gasteiger partial charge >= 0.3 is 17.9 Å². The molecule has 0 fully saturated rings. The van der Waals surface area contributed by atoms with Crippen molar-refractivity contribution in [1.29, 1.82) is 0 Å². The van der Waals surface area contributed by atoms with E-state index in [0.29, 0.717) is 25.7 Å². The molecule has 2 atom stereocenters. The van der Waals surface area contributed by atoms with Gasteiger partial charge in [-0.3, -0.25) is 9.59 Å². The number of ether oxygens (including phenoxy) is 4. The van der Waals surface area contributed by atoms with E-state index in [1.165, 1.54) is 21.0 Å². The van der Waals surface area contributed by atoms with Gasteiger partial charge in [-0.25, -0.2) is 9.59 Å². The van der Waals surface area contributed by atoms with Crippen LogP contribution in [0.4, 0.5) is 0 Å². The van der Waals surface area contributed by atoms with Crippen molar-refractivity contribution in [3.05, 3.63) is 35.9 Å². The number of unbranched alkanes of at least 4 members (excludes halogenated alkanes) is 2. The molecule has 0 spiro atoms. The Hall–Kier alpha value is -2.74. The molecule has 1 rings (SSSR count). The molecule has 0 aromatic heterocycles. The molecule has 0 aliphatic rings. The minimum absolute atomic E-state index is 0.246. The average molecular weight is 422 g/mol. The first kappa shape index (κ1) is 25.3. The highest BCUT2D eigenvalue weighted by molar-refractivity contribution is 5.84. The van der Waals surface area contributed by atoms with Crippen LogP contribution >= 0.6 is 0 Å². The molecule has 0 heterocycles.